The lowest BCUT2D eigenvalue weighted by atomic mass is 10.1. The van der Waals surface area contributed by atoms with E-state index in [0.29, 0.717) is 5.13 Å². The van der Waals surface area contributed by atoms with E-state index in [1.165, 1.54) is 29.5 Å². The summed E-state index contributed by atoms with van der Waals surface area (Å²) in [6.07, 6.45) is 1.55. The van der Waals surface area contributed by atoms with Crippen molar-refractivity contribution in [2.75, 3.05) is 5.32 Å². The highest BCUT2D eigenvalue weighted by molar-refractivity contribution is 7.89. The summed E-state index contributed by atoms with van der Waals surface area (Å²) in [5.74, 6) is -0.758. The first-order chi connectivity index (χ1) is 11.2. The molecule has 2 N–H and O–H groups in total. The van der Waals surface area contributed by atoms with Crippen molar-refractivity contribution in [1.29, 1.82) is 0 Å². The van der Waals surface area contributed by atoms with Crippen LogP contribution in [-0.4, -0.2) is 25.4 Å². The Morgan fingerprint density at radius 1 is 1.25 bits per heavy atom. The quantitative estimate of drug-likeness (QED) is 0.767. The van der Waals surface area contributed by atoms with Crippen LogP contribution in [0.5, 0.6) is 0 Å². The van der Waals surface area contributed by atoms with Gasteiger partial charge >= 0.3 is 0 Å². The summed E-state index contributed by atoms with van der Waals surface area (Å²) in [5.41, 5.74) is 0. The van der Waals surface area contributed by atoms with Gasteiger partial charge in [-0.3, -0.25) is 4.79 Å². The van der Waals surface area contributed by atoms with Crippen LogP contribution >= 0.6 is 34.5 Å². The zero-order chi connectivity index (χ0) is 17.9. The summed E-state index contributed by atoms with van der Waals surface area (Å²) >= 11 is 12.9. The maximum Gasteiger partial charge on any atom is 0.244 e. The van der Waals surface area contributed by atoms with Crippen molar-refractivity contribution in [2.24, 2.45) is 5.92 Å². The lowest BCUT2D eigenvalue weighted by Gasteiger charge is -2.21. The van der Waals surface area contributed by atoms with Crippen LogP contribution in [0.2, 0.25) is 10.0 Å². The van der Waals surface area contributed by atoms with E-state index < -0.39 is 22.0 Å². The van der Waals surface area contributed by atoms with Crippen LogP contribution in [0.1, 0.15) is 13.8 Å². The fourth-order valence-corrected chi connectivity index (χ4v) is 4.10. The number of hydrogen-bond donors (Lipinski definition) is 2. The van der Waals surface area contributed by atoms with Gasteiger partial charge in [-0.2, -0.15) is 4.72 Å². The molecule has 0 aliphatic heterocycles. The van der Waals surface area contributed by atoms with Crippen LogP contribution in [0.25, 0.3) is 0 Å². The molecule has 10 heteroatoms. The summed E-state index contributed by atoms with van der Waals surface area (Å²) in [6, 6.07) is 2.99. The molecule has 1 heterocycles. The van der Waals surface area contributed by atoms with Crippen molar-refractivity contribution in [3.8, 4) is 0 Å². The van der Waals surface area contributed by atoms with Gasteiger partial charge in [0.05, 0.1) is 14.9 Å². The van der Waals surface area contributed by atoms with Gasteiger partial charge in [0.2, 0.25) is 15.9 Å². The molecular formula is C14H15Cl2N3O3S2. The number of thiazole rings is 1. The molecule has 1 atom stereocenters. The van der Waals surface area contributed by atoms with Crippen molar-refractivity contribution in [2.45, 2.75) is 24.8 Å². The highest BCUT2D eigenvalue weighted by Crippen LogP contribution is 2.25. The highest BCUT2D eigenvalue weighted by atomic mass is 35.5. The molecule has 1 amide bonds. The second-order valence-electron chi connectivity index (χ2n) is 5.25. The summed E-state index contributed by atoms with van der Waals surface area (Å²) < 4.78 is 27.4. The number of nitrogens with zero attached hydrogens (tertiary/aromatic N) is 1. The van der Waals surface area contributed by atoms with Crippen molar-refractivity contribution >= 4 is 55.6 Å². The maximum atomic E-state index is 12.5. The first-order valence-corrected chi connectivity index (χ1v) is 10.0. The second kappa shape index (κ2) is 7.79. The lowest BCUT2D eigenvalue weighted by Crippen LogP contribution is -2.47. The Bertz CT molecular complexity index is 824. The SMILES string of the molecule is CC(C)[C@@H](NS(=O)(=O)c1ccc(Cl)c(Cl)c1)C(=O)Nc1nccs1. The van der Waals surface area contributed by atoms with Crippen molar-refractivity contribution < 1.29 is 13.2 Å². The Balaban J connectivity index is 2.22. The van der Waals surface area contributed by atoms with Crippen LogP contribution in [0.3, 0.4) is 0 Å². The Labute approximate surface area is 154 Å². The van der Waals surface area contributed by atoms with Gasteiger partial charge in [0.15, 0.2) is 5.13 Å². The summed E-state index contributed by atoms with van der Waals surface area (Å²) in [4.78, 5) is 16.2. The molecule has 0 radical (unpaired) electrons. The molecular weight excluding hydrogens is 393 g/mol. The fourth-order valence-electron chi connectivity index (χ4n) is 1.84. The van der Waals surface area contributed by atoms with Crippen LogP contribution in [0, 0.1) is 5.92 Å². The van der Waals surface area contributed by atoms with Gasteiger partial charge in [-0.05, 0) is 24.1 Å². The first kappa shape index (κ1) is 19.1. The number of nitrogens with one attached hydrogen (secondary N) is 2. The number of benzene rings is 1. The normalized spacial score (nSPS) is 13.0. The number of rotatable bonds is 6. The molecule has 0 fully saturated rings. The minimum Gasteiger partial charge on any atom is -0.301 e. The Kier molecular flexibility index (Phi) is 6.22. The molecule has 0 spiro atoms. The van der Waals surface area contributed by atoms with E-state index in [-0.39, 0.29) is 20.9 Å². The number of aromatic nitrogens is 1. The second-order valence-corrected chi connectivity index (χ2v) is 8.67. The van der Waals surface area contributed by atoms with Gasteiger partial charge in [-0.15, -0.1) is 11.3 Å². The molecule has 0 unspecified atom stereocenters. The Morgan fingerprint density at radius 3 is 2.50 bits per heavy atom. The molecule has 0 aliphatic carbocycles. The maximum absolute atomic E-state index is 12.5. The number of carbonyl (C=O) groups excluding carboxylic acids is 1. The van der Waals surface area contributed by atoms with Crippen molar-refractivity contribution in [3.63, 3.8) is 0 Å². The van der Waals surface area contributed by atoms with Crippen LogP contribution in [0.15, 0.2) is 34.7 Å². The molecule has 130 valence electrons. The number of carbonyl (C=O) groups is 1. The highest BCUT2D eigenvalue weighted by Gasteiger charge is 2.29. The lowest BCUT2D eigenvalue weighted by molar-refractivity contribution is -0.118. The van der Waals surface area contributed by atoms with Gasteiger partial charge in [0.1, 0.15) is 6.04 Å². The van der Waals surface area contributed by atoms with E-state index in [1.54, 1.807) is 25.4 Å². The molecule has 0 bridgehead atoms. The molecule has 1 aromatic heterocycles. The van der Waals surface area contributed by atoms with Gasteiger partial charge in [0, 0.05) is 11.6 Å². The van der Waals surface area contributed by atoms with Gasteiger partial charge in [0.25, 0.3) is 0 Å². The number of halogens is 2. The van der Waals surface area contributed by atoms with Gasteiger partial charge in [-0.25, -0.2) is 13.4 Å². The third-order valence-electron chi connectivity index (χ3n) is 3.10. The number of amides is 1. The monoisotopic (exact) mass is 407 g/mol. The van der Waals surface area contributed by atoms with E-state index in [4.69, 9.17) is 23.2 Å². The fraction of sp³-hybridized carbons (Fsp3) is 0.286. The Morgan fingerprint density at radius 2 is 1.96 bits per heavy atom. The van der Waals surface area contributed by atoms with E-state index in [9.17, 15) is 13.2 Å². The average molecular weight is 408 g/mol. The minimum absolute atomic E-state index is 0.0652. The van der Waals surface area contributed by atoms with E-state index in [2.05, 4.69) is 15.0 Å². The molecule has 0 saturated heterocycles. The molecule has 24 heavy (non-hydrogen) atoms. The first-order valence-electron chi connectivity index (χ1n) is 6.88. The zero-order valence-electron chi connectivity index (χ0n) is 12.8. The summed E-state index contributed by atoms with van der Waals surface area (Å²) in [7, 11) is -3.94. The van der Waals surface area contributed by atoms with E-state index >= 15 is 0 Å². The topological polar surface area (TPSA) is 88.2 Å². The smallest absolute Gasteiger partial charge is 0.244 e. The number of anilines is 1. The Hall–Kier alpha value is -1.19. The average Bonchev–Trinajstić information content (AvgIpc) is 3.00. The summed E-state index contributed by atoms with van der Waals surface area (Å²) in [5, 5.41) is 5.07. The van der Waals surface area contributed by atoms with Crippen molar-refractivity contribution in [1.82, 2.24) is 9.71 Å². The minimum atomic E-state index is -3.94. The largest absolute Gasteiger partial charge is 0.301 e. The van der Waals surface area contributed by atoms with Crippen LogP contribution < -0.4 is 10.0 Å². The molecule has 2 rings (SSSR count). The number of sulfonamides is 1. The molecule has 0 aliphatic rings. The summed E-state index contributed by atoms with van der Waals surface area (Å²) in [6.45, 7) is 3.48. The standard InChI is InChI=1S/C14H15Cl2N3O3S2/c1-8(2)12(13(20)18-14-17-5-6-23-14)19-24(21,22)9-3-4-10(15)11(16)7-9/h3-8,12,19H,1-2H3,(H,17,18,20)/t12-/m1/s1. The predicted octanol–water partition coefficient (Wildman–Crippen LogP) is 3.39. The van der Waals surface area contributed by atoms with Crippen molar-refractivity contribution in [3.05, 3.63) is 39.8 Å². The van der Waals surface area contributed by atoms with Crippen LogP contribution in [0.4, 0.5) is 5.13 Å². The third kappa shape index (κ3) is 4.67. The molecule has 6 nitrogen and oxygen atoms in total. The molecule has 0 saturated carbocycles. The van der Waals surface area contributed by atoms with Gasteiger partial charge in [-0.1, -0.05) is 37.0 Å². The predicted molar refractivity (Wildman–Crippen MR) is 96.2 cm³/mol. The van der Waals surface area contributed by atoms with Crippen LogP contribution in [-0.2, 0) is 14.8 Å². The number of hydrogen-bond acceptors (Lipinski definition) is 5. The molecule has 1 aromatic carbocycles. The van der Waals surface area contributed by atoms with Gasteiger partial charge < -0.3 is 5.32 Å². The van der Waals surface area contributed by atoms with E-state index in [1.807, 2.05) is 0 Å². The van der Waals surface area contributed by atoms with E-state index in [0.717, 1.165) is 0 Å². The molecule has 2 aromatic rings. The third-order valence-corrected chi connectivity index (χ3v) is 5.96. The zero-order valence-corrected chi connectivity index (χ0v) is 15.9.